The molecule has 0 aromatic heterocycles. The Bertz CT molecular complexity index is 483. The predicted molar refractivity (Wildman–Crippen MR) is 81.4 cm³/mol. The Morgan fingerprint density at radius 1 is 0.957 bits per heavy atom. The molecule has 2 amide bonds. The fourth-order valence-electron chi connectivity index (χ4n) is 1.89. The highest BCUT2D eigenvalue weighted by atomic mass is 16.7. The molecule has 1 aliphatic rings. The average Bonchev–Trinajstić information content (AvgIpc) is 2.27. The van der Waals surface area contributed by atoms with Gasteiger partial charge >= 0.3 is 18.2 Å². The Balaban J connectivity index is 2.42. The molecule has 1 aliphatic heterocycles. The fourth-order valence-corrected chi connectivity index (χ4v) is 1.89. The van der Waals surface area contributed by atoms with Crippen molar-refractivity contribution in [2.24, 2.45) is 5.41 Å². The summed E-state index contributed by atoms with van der Waals surface area (Å²) in [4.78, 5) is 41.4. The summed E-state index contributed by atoms with van der Waals surface area (Å²) in [6.45, 7) is 12.4. The van der Waals surface area contributed by atoms with Crippen molar-refractivity contribution in [3.8, 4) is 0 Å². The molecular weight excluding hydrogens is 304 g/mol. The lowest BCUT2D eigenvalue weighted by Gasteiger charge is -2.45. The lowest BCUT2D eigenvalue weighted by atomic mass is 9.82. The van der Waals surface area contributed by atoms with E-state index in [-0.39, 0.29) is 13.1 Å². The van der Waals surface area contributed by atoms with Crippen LogP contribution >= 0.6 is 0 Å². The van der Waals surface area contributed by atoms with Gasteiger partial charge in [-0.3, -0.25) is 0 Å². The summed E-state index contributed by atoms with van der Waals surface area (Å²) < 4.78 is 10.2. The van der Waals surface area contributed by atoms with Crippen LogP contribution in [0.25, 0.3) is 0 Å². The third-order valence-corrected chi connectivity index (χ3v) is 2.85. The summed E-state index contributed by atoms with van der Waals surface area (Å²) in [6.07, 6.45) is -1.33. The minimum absolute atomic E-state index is 0.163. The Morgan fingerprint density at radius 3 is 1.87 bits per heavy atom. The summed E-state index contributed by atoms with van der Waals surface area (Å²) in [5.41, 5.74) is -0.218. The van der Waals surface area contributed by atoms with Gasteiger partial charge in [0.2, 0.25) is 0 Å². The van der Waals surface area contributed by atoms with E-state index in [1.807, 2.05) is 5.48 Å². The quantitative estimate of drug-likeness (QED) is 0.585. The molecule has 1 rings (SSSR count). The number of carbonyl (C=O) groups is 3. The van der Waals surface area contributed by atoms with Crippen LogP contribution in [-0.2, 0) is 19.1 Å². The molecule has 0 aromatic carbocycles. The Labute approximate surface area is 136 Å². The summed E-state index contributed by atoms with van der Waals surface area (Å²) >= 11 is 0. The monoisotopic (exact) mass is 330 g/mol. The van der Waals surface area contributed by atoms with E-state index in [1.165, 1.54) is 4.90 Å². The maximum absolute atomic E-state index is 12.0. The molecule has 0 radical (unpaired) electrons. The number of hydrogen-bond donors (Lipinski definition) is 1. The van der Waals surface area contributed by atoms with E-state index in [2.05, 4.69) is 0 Å². The first kappa shape index (κ1) is 19.1. The van der Waals surface area contributed by atoms with Crippen LogP contribution in [0.5, 0.6) is 0 Å². The highest BCUT2D eigenvalue weighted by Crippen LogP contribution is 2.32. The van der Waals surface area contributed by atoms with Gasteiger partial charge in [0, 0.05) is 13.1 Å². The maximum atomic E-state index is 12.0. The van der Waals surface area contributed by atoms with Crippen LogP contribution in [0.1, 0.15) is 48.5 Å². The number of nitrogens with one attached hydrogen (secondary N) is 1. The Hall–Kier alpha value is -1.99. The molecule has 0 spiro atoms. The van der Waals surface area contributed by atoms with Gasteiger partial charge in [0.25, 0.3) is 0 Å². The highest BCUT2D eigenvalue weighted by Gasteiger charge is 2.50. The van der Waals surface area contributed by atoms with Crippen LogP contribution in [0.2, 0.25) is 0 Å². The van der Waals surface area contributed by atoms with Gasteiger partial charge in [-0.15, -0.1) is 5.48 Å². The number of nitrogens with zero attached hydrogens (tertiary/aromatic N) is 1. The van der Waals surface area contributed by atoms with Crippen molar-refractivity contribution in [3.05, 3.63) is 0 Å². The molecule has 23 heavy (non-hydrogen) atoms. The molecule has 0 saturated carbocycles. The van der Waals surface area contributed by atoms with Gasteiger partial charge < -0.3 is 19.2 Å². The van der Waals surface area contributed by atoms with Gasteiger partial charge in [0.15, 0.2) is 0 Å². The van der Waals surface area contributed by atoms with Crippen molar-refractivity contribution in [1.82, 2.24) is 10.4 Å². The largest absolute Gasteiger partial charge is 0.444 e. The van der Waals surface area contributed by atoms with Crippen LogP contribution in [0.3, 0.4) is 0 Å². The normalized spacial score (nSPS) is 16.9. The molecule has 1 saturated heterocycles. The third kappa shape index (κ3) is 5.96. The molecule has 1 heterocycles. The van der Waals surface area contributed by atoms with Crippen molar-refractivity contribution in [2.45, 2.75) is 59.7 Å². The van der Waals surface area contributed by atoms with Crippen LogP contribution in [0.15, 0.2) is 0 Å². The Kier molecular flexibility index (Phi) is 5.18. The van der Waals surface area contributed by atoms with Crippen molar-refractivity contribution < 1.29 is 28.7 Å². The minimum Gasteiger partial charge on any atom is -0.444 e. The lowest BCUT2D eigenvalue weighted by molar-refractivity contribution is -0.171. The first-order chi connectivity index (χ1) is 10.2. The topological polar surface area (TPSA) is 94.2 Å². The van der Waals surface area contributed by atoms with Gasteiger partial charge in [-0.25, -0.2) is 14.4 Å². The van der Waals surface area contributed by atoms with E-state index in [0.29, 0.717) is 0 Å². The van der Waals surface area contributed by atoms with Crippen molar-refractivity contribution >= 4 is 18.2 Å². The Morgan fingerprint density at radius 2 is 1.43 bits per heavy atom. The number of hydrogen-bond acceptors (Lipinski definition) is 6. The number of ether oxygens (including phenoxy) is 2. The highest BCUT2D eigenvalue weighted by molar-refractivity contribution is 5.82. The maximum Gasteiger partial charge on any atom is 0.441 e. The zero-order chi connectivity index (χ0) is 18.1. The van der Waals surface area contributed by atoms with Gasteiger partial charge in [-0.2, -0.15) is 0 Å². The van der Waals surface area contributed by atoms with Crippen molar-refractivity contribution in [1.29, 1.82) is 0 Å². The summed E-state index contributed by atoms with van der Waals surface area (Å²) in [6, 6.07) is 0. The molecule has 0 unspecified atom stereocenters. The number of amides is 2. The fraction of sp³-hybridized carbons (Fsp3) is 0.800. The second-order valence-electron chi connectivity index (χ2n) is 7.89. The molecule has 0 aromatic rings. The first-order valence-electron chi connectivity index (χ1n) is 7.40. The smallest absolute Gasteiger partial charge is 0.441 e. The van der Waals surface area contributed by atoms with E-state index >= 15 is 0 Å². The van der Waals surface area contributed by atoms with E-state index in [4.69, 9.17) is 14.3 Å². The molecular formula is C15H26N2O6. The molecule has 1 N–H and O–H groups in total. The third-order valence-electron chi connectivity index (χ3n) is 2.85. The standard InChI is InChI=1S/C15H26N2O6/c1-13(2,3)21-11(19)16-23-10(18)15(7)8-17(9-15)12(20)22-14(4,5)6/h8-9H2,1-7H3,(H,16,19). The lowest BCUT2D eigenvalue weighted by Crippen LogP contribution is -2.62. The van der Waals surface area contributed by atoms with Crippen LogP contribution in [-0.4, -0.2) is 47.3 Å². The first-order valence-corrected chi connectivity index (χ1v) is 7.40. The van der Waals surface area contributed by atoms with Crippen molar-refractivity contribution in [2.75, 3.05) is 13.1 Å². The van der Waals surface area contributed by atoms with Crippen LogP contribution < -0.4 is 5.48 Å². The van der Waals surface area contributed by atoms with Gasteiger partial charge in [-0.1, -0.05) is 0 Å². The molecule has 0 aliphatic carbocycles. The van der Waals surface area contributed by atoms with Crippen molar-refractivity contribution in [3.63, 3.8) is 0 Å². The molecule has 8 nitrogen and oxygen atoms in total. The van der Waals surface area contributed by atoms with E-state index in [9.17, 15) is 14.4 Å². The SMILES string of the molecule is CC(C)(C)OC(=O)NOC(=O)C1(C)CN(C(=O)OC(C)(C)C)C1. The van der Waals surface area contributed by atoms with Crippen LogP contribution in [0.4, 0.5) is 9.59 Å². The minimum atomic E-state index is -0.883. The van der Waals surface area contributed by atoms with Gasteiger partial charge in [-0.05, 0) is 48.5 Å². The second kappa shape index (κ2) is 6.25. The summed E-state index contributed by atoms with van der Waals surface area (Å²) in [7, 11) is 0. The number of likely N-dealkylation sites (tertiary alicyclic amines) is 1. The molecule has 8 heteroatoms. The molecule has 0 bridgehead atoms. The van der Waals surface area contributed by atoms with E-state index in [1.54, 1.807) is 48.5 Å². The van der Waals surface area contributed by atoms with E-state index < -0.39 is 34.8 Å². The molecule has 1 fully saturated rings. The molecule has 132 valence electrons. The van der Waals surface area contributed by atoms with E-state index in [0.717, 1.165) is 0 Å². The predicted octanol–water partition coefficient (Wildman–Crippen LogP) is 2.23. The second-order valence-corrected chi connectivity index (χ2v) is 7.89. The number of hydroxylamine groups is 1. The molecule has 0 atom stereocenters. The average molecular weight is 330 g/mol. The van der Waals surface area contributed by atoms with Crippen LogP contribution in [0, 0.1) is 5.41 Å². The van der Waals surface area contributed by atoms with Gasteiger partial charge in [0.05, 0.1) is 0 Å². The summed E-state index contributed by atoms with van der Waals surface area (Å²) in [5, 5.41) is 0. The zero-order valence-corrected chi connectivity index (χ0v) is 14.8. The number of rotatable bonds is 1. The summed E-state index contributed by atoms with van der Waals surface area (Å²) in [5.74, 6) is -0.636. The van der Waals surface area contributed by atoms with Gasteiger partial charge in [0.1, 0.15) is 16.6 Å². The number of carbonyl (C=O) groups excluding carboxylic acids is 3. The zero-order valence-electron chi connectivity index (χ0n) is 14.8.